The SMILES string of the molecule is CN(C1CCCCC1)S(=O)(=O)N1CCN(C(=O)CC2COCCN2)CC1.Cl. The van der Waals surface area contributed by atoms with Crippen LogP contribution in [0.25, 0.3) is 0 Å². The third kappa shape index (κ3) is 5.77. The number of halogens is 1. The van der Waals surface area contributed by atoms with Crippen LogP contribution in [0.15, 0.2) is 0 Å². The lowest BCUT2D eigenvalue weighted by molar-refractivity contribution is -0.133. The van der Waals surface area contributed by atoms with Crippen molar-refractivity contribution in [1.82, 2.24) is 18.8 Å². The van der Waals surface area contributed by atoms with Gasteiger partial charge in [-0.05, 0) is 12.8 Å². The van der Waals surface area contributed by atoms with Gasteiger partial charge in [0.2, 0.25) is 5.91 Å². The fraction of sp³-hybridized carbons (Fsp3) is 0.941. The first kappa shape index (κ1) is 22.8. The molecule has 0 aromatic carbocycles. The van der Waals surface area contributed by atoms with Gasteiger partial charge in [0.15, 0.2) is 0 Å². The molecule has 0 aromatic heterocycles. The highest BCUT2D eigenvalue weighted by molar-refractivity contribution is 7.86. The number of nitrogens with zero attached hydrogens (tertiary/aromatic N) is 3. The zero-order valence-electron chi connectivity index (χ0n) is 16.1. The van der Waals surface area contributed by atoms with Gasteiger partial charge in [0.05, 0.1) is 13.2 Å². The molecule has 3 fully saturated rings. The molecule has 1 atom stereocenters. The molecule has 1 amide bonds. The molecule has 27 heavy (non-hydrogen) atoms. The maximum absolute atomic E-state index is 12.9. The van der Waals surface area contributed by atoms with Gasteiger partial charge in [-0.1, -0.05) is 19.3 Å². The Labute approximate surface area is 169 Å². The van der Waals surface area contributed by atoms with E-state index in [2.05, 4.69) is 5.32 Å². The molecule has 0 aromatic rings. The summed E-state index contributed by atoms with van der Waals surface area (Å²) < 4.78 is 34.3. The van der Waals surface area contributed by atoms with Gasteiger partial charge >= 0.3 is 0 Å². The normalized spacial score (nSPS) is 26.0. The third-order valence-electron chi connectivity index (χ3n) is 5.79. The van der Waals surface area contributed by atoms with E-state index < -0.39 is 10.2 Å². The molecule has 158 valence electrons. The van der Waals surface area contributed by atoms with E-state index in [1.54, 1.807) is 16.3 Å². The molecule has 2 aliphatic heterocycles. The summed E-state index contributed by atoms with van der Waals surface area (Å²) >= 11 is 0. The summed E-state index contributed by atoms with van der Waals surface area (Å²) in [5, 5.41) is 3.29. The van der Waals surface area contributed by atoms with Gasteiger partial charge in [-0.25, -0.2) is 0 Å². The van der Waals surface area contributed by atoms with Crippen LogP contribution in [-0.4, -0.2) is 92.9 Å². The number of morpholine rings is 1. The Morgan fingerprint density at radius 3 is 2.41 bits per heavy atom. The smallest absolute Gasteiger partial charge is 0.282 e. The van der Waals surface area contributed by atoms with Crippen molar-refractivity contribution in [3.63, 3.8) is 0 Å². The Balaban J connectivity index is 0.00000261. The van der Waals surface area contributed by atoms with Crippen LogP contribution in [0.1, 0.15) is 38.5 Å². The average Bonchev–Trinajstić information content (AvgIpc) is 2.69. The van der Waals surface area contributed by atoms with E-state index in [4.69, 9.17) is 4.74 Å². The van der Waals surface area contributed by atoms with E-state index in [1.165, 1.54) is 10.7 Å². The molecule has 2 saturated heterocycles. The van der Waals surface area contributed by atoms with Crippen LogP contribution in [0.5, 0.6) is 0 Å². The number of rotatable bonds is 5. The van der Waals surface area contributed by atoms with Crippen molar-refractivity contribution < 1.29 is 17.9 Å². The Kier molecular flexibility index (Phi) is 8.76. The third-order valence-corrected chi connectivity index (χ3v) is 7.83. The summed E-state index contributed by atoms with van der Waals surface area (Å²) in [6.07, 6.45) is 5.72. The lowest BCUT2D eigenvalue weighted by atomic mass is 9.96. The average molecular weight is 425 g/mol. The van der Waals surface area contributed by atoms with Crippen molar-refractivity contribution in [2.24, 2.45) is 0 Å². The number of carbonyl (C=O) groups excluding carboxylic acids is 1. The van der Waals surface area contributed by atoms with E-state index in [0.717, 1.165) is 32.2 Å². The number of amides is 1. The number of carbonyl (C=O) groups is 1. The van der Waals surface area contributed by atoms with Gasteiger partial charge in [0.1, 0.15) is 0 Å². The Morgan fingerprint density at radius 2 is 1.81 bits per heavy atom. The van der Waals surface area contributed by atoms with Crippen molar-refractivity contribution in [3.05, 3.63) is 0 Å². The van der Waals surface area contributed by atoms with Crippen LogP contribution in [-0.2, 0) is 19.7 Å². The lowest BCUT2D eigenvalue weighted by Crippen LogP contribution is -2.56. The van der Waals surface area contributed by atoms with E-state index in [0.29, 0.717) is 45.8 Å². The molecular formula is C17H33ClN4O4S. The highest BCUT2D eigenvalue weighted by atomic mass is 35.5. The summed E-state index contributed by atoms with van der Waals surface area (Å²) in [4.78, 5) is 14.2. The Bertz CT molecular complexity index is 571. The molecule has 8 nitrogen and oxygen atoms in total. The van der Waals surface area contributed by atoms with Crippen LogP contribution < -0.4 is 5.32 Å². The van der Waals surface area contributed by atoms with Crippen LogP contribution >= 0.6 is 12.4 Å². The van der Waals surface area contributed by atoms with Crippen molar-refractivity contribution in [2.75, 3.05) is 53.0 Å². The Hall–Kier alpha value is -0.450. The second kappa shape index (κ2) is 10.4. The molecule has 10 heteroatoms. The number of nitrogens with one attached hydrogen (secondary N) is 1. The molecule has 0 spiro atoms. The number of ether oxygens (including phenoxy) is 1. The quantitative estimate of drug-likeness (QED) is 0.692. The van der Waals surface area contributed by atoms with Crippen LogP contribution in [0.3, 0.4) is 0 Å². The van der Waals surface area contributed by atoms with Gasteiger partial charge in [0.25, 0.3) is 10.2 Å². The topological polar surface area (TPSA) is 82.2 Å². The second-order valence-electron chi connectivity index (χ2n) is 7.53. The van der Waals surface area contributed by atoms with Gasteiger partial charge in [-0.15, -0.1) is 12.4 Å². The number of hydrogen-bond acceptors (Lipinski definition) is 5. The van der Waals surface area contributed by atoms with E-state index in [9.17, 15) is 13.2 Å². The molecule has 3 rings (SSSR count). The standard InChI is InChI=1S/C17H32N4O4S.ClH/c1-19(16-5-3-2-4-6-16)26(23,24)21-10-8-20(9-11-21)17(22)13-15-14-25-12-7-18-15;/h15-16,18H,2-14H2,1H3;1H. The summed E-state index contributed by atoms with van der Waals surface area (Å²) in [5.41, 5.74) is 0. The van der Waals surface area contributed by atoms with E-state index in [-0.39, 0.29) is 30.4 Å². The molecule has 2 heterocycles. The van der Waals surface area contributed by atoms with Gasteiger partial charge < -0.3 is 15.0 Å². The molecular weight excluding hydrogens is 392 g/mol. The van der Waals surface area contributed by atoms with E-state index in [1.807, 2.05) is 0 Å². The van der Waals surface area contributed by atoms with Crippen molar-refractivity contribution >= 4 is 28.5 Å². The predicted octanol–water partition coefficient (Wildman–Crippen LogP) is 0.440. The lowest BCUT2D eigenvalue weighted by Gasteiger charge is -2.39. The predicted molar refractivity (Wildman–Crippen MR) is 106 cm³/mol. The minimum absolute atomic E-state index is 0. The van der Waals surface area contributed by atoms with Gasteiger partial charge in [-0.2, -0.15) is 17.0 Å². The molecule has 1 saturated carbocycles. The molecule has 3 aliphatic rings. The van der Waals surface area contributed by atoms with Crippen molar-refractivity contribution in [2.45, 2.75) is 50.6 Å². The minimum Gasteiger partial charge on any atom is -0.378 e. The van der Waals surface area contributed by atoms with Crippen LogP contribution in [0, 0.1) is 0 Å². The zero-order valence-corrected chi connectivity index (χ0v) is 17.8. The molecule has 0 radical (unpaired) electrons. The van der Waals surface area contributed by atoms with Gasteiger partial charge in [-0.3, -0.25) is 4.79 Å². The monoisotopic (exact) mass is 424 g/mol. The first-order chi connectivity index (χ1) is 12.5. The summed E-state index contributed by atoms with van der Waals surface area (Å²) in [6, 6.07) is 0.182. The molecule has 1 aliphatic carbocycles. The van der Waals surface area contributed by atoms with Crippen LogP contribution in [0.2, 0.25) is 0 Å². The highest BCUT2D eigenvalue weighted by Gasteiger charge is 2.35. The first-order valence-electron chi connectivity index (χ1n) is 9.80. The summed E-state index contributed by atoms with van der Waals surface area (Å²) in [6.45, 7) is 3.70. The van der Waals surface area contributed by atoms with E-state index >= 15 is 0 Å². The Morgan fingerprint density at radius 1 is 1.15 bits per heavy atom. The fourth-order valence-corrected chi connectivity index (χ4v) is 5.65. The first-order valence-corrected chi connectivity index (χ1v) is 11.2. The van der Waals surface area contributed by atoms with Crippen molar-refractivity contribution in [3.8, 4) is 0 Å². The zero-order chi connectivity index (χ0) is 18.6. The van der Waals surface area contributed by atoms with Gasteiger partial charge in [0, 0.05) is 58.3 Å². The number of hydrogen-bond donors (Lipinski definition) is 1. The maximum atomic E-state index is 12.9. The molecule has 1 N–H and O–H groups in total. The fourth-order valence-electron chi connectivity index (χ4n) is 4.07. The van der Waals surface area contributed by atoms with Crippen molar-refractivity contribution in [1.29, 1.82) is 0 Å². The van der Waals surface area contributed by atoms with Crippen LogP contribution in [0.4, 0.5) is 0 Å². The summed E-state index contributed by atoms with van der Waals surface area (Å²) in [5.74, 6) is 0.0747. The molecule has 0 bridgehead atoms. The minimum atomic E-state index is -3.44. The maximum Gasteiger partial charge on any atom is 0.282 e. The largest absolute Gasteiger partial charge is 0.378 e. The number of piperazine rings is 1. The second-order valence-corrected chi connectivity index (χ2v) is 9.51. The summed E-state index contributed by atoms with van der Waals surface area (Å²) in [7, 11) is -1.74. The highest BCUT2D eigenvalue weighted by Crippen LogP contribution is 2.25. The molecule has 1 unspecified atom stereocenters.